The molecule has 0 aliphatic carbocycles. The molecule has 1 atom stereocenters. The van der Waals surface area contributed by atoms with Crippen molar-refractivity contribution in [2.75, 3.05) is 6.61 Å². The lowest BCUT2D eigenvalue weighted by atomic mass is 10.1. The van der Waals surface area contributed by atoms with E-state index in [0.717, 1.165) is 11.4 Å². The van der Waals surface area contributed by atoms with Crippen molar-refractivity contribution in [2.24, 2.45) is 7.05 Å². The second-order valence-corrected chi connectivity index (χ2v) is 4.63. The fourth-order valence-corrected chi connectivity index (χ4v) is 2.07. The summed E-state index contributed by atoms with van der Waals surface area (Å²) < 4.78 is 1.89. The number of hydrogen-bond acceptors (Lipinski definition) is 3. The number of rotatable bonds is 6. The number of imidazole rings is 1. The molecule has 1 amide bonds. The third-order valence-corrected chi connectivity index (χ3v) is 3.12. The van der Waals surface area contributed by atoms with Gasteiger partial charge in [0.1, 0.15) is 11.9 Å². The van der Waals surface area contributed by atoms with Crippen molar-refractivity contribution in [1.82, 2.24) is 14.9 Å². The molecule has 5 heteroatoms. The molecule has 2 aromatic rings. The predicted molar refractivity (Wildman–Crippen MR) is 76.0 cm³/mol. The van der Waals surface area contributed by atoms with Gasteiger partial charge in [0.15, 0.2) is 0 Å². The van der Waals surface area contributed by atoms with Crippen molar-refractivity contribution in [3.8, 4) is 0 Å². The molecule has 0 saturated heterocycles. The summed E-state index contributed by atoms with van der Waals surface area (Å²) in [5, 5.41) is 11.8. The molecular weight excluding hydrogens is 254 g/mol. The number of hydrogen-bond donors (Lipinski definition) is 2. The Kier molecular flexibility index (Phi) is 4.90. The van der Waals surface area contributed by atoms with Crippen LogP contribution in [0.4, 0.5) is 0 Å². The molecule has 2 rings (SSSR count). The van der Waals surface area contributed by atoms with Crippen LogP contribution in [-0.2, 0) is 11.8 Å². The van der Waals surface area contributed by atoms with Crippen LogP contribution >= 0.6 is 0 Å². The summed E-state index contributed by atoms with van der Waals surface area (Å²) in [4.78, 5) is 16.3. The van der Waals surface area contributed by atoms with E-state index in [0.29, 0.717) is 12.8 Å². The SMILES string of the molecule is Cn1ccnc1C(NC(=O)CCCO)c1ccccc1. The van der Waals surface area contributed by atoms with Crippen molar-refractivity contribution in [1.29, 1.82) is 0 Å². The van der Waals surface area contributed by atoms with Gasteiger partial charge in [0.2, 0.25) is 5.91 Å². The largest absolute Gasteiger partial charge is 0.396 e. The minimum atomic E-state index is -0.276. The van der Waals surface area contributed by atoms with Crippen LogP contribution in [0.3, 0.4) is 0 Å². The van der Waals surface area contributed by atoms with Gasteiger partial charge in [-0.25, -0.2) is 4.98 Å². The molecule has 1 aromatic carbocycles. The van der Waals surface area contributed by atoms with Crippen LogP contribution in [0, 0.1) is 0 Å². The fourth-order valence-electron chi connectivity index (χ4n) is 2.07. The van der Waals surface area contributed by atoms with Crippen LogP contribution in [0.2, 0.25) is 0 Å². The molecule has 106 valence electrons. The second-order valence-electron chi connectivity index (χ2n) is 4.63. The van der Waals surface area contributed by atoms with Crippen molar-refractivity contribution in [3.05, 3.63) is 54.1 Å². The van der Waals surface area contributed by atoms with Gasteiger partial charge < -0.3 is 15.0 Å². The standard InChI is InChI=1S/C15H19N3O2/c1-18-10-9-16-15(18)14(12-6-3-2-4-7-12)17-13(20)8-5-11-19/h2-4,6-7,9-10,14,19H,5,8,11H2,1H3,(H,17,20). The first-order valence-corrected chi connectivity index (χ1v) is 6.64. The predicted octanol–water partition coefficient (Wildman–Crippen LogP) is 1.40. The minimum Gasteiger partial charge on any atom is -0.396 e. The van der Waals surface area contributed by atoms with E-state index < -0.39 is 0 Å². The molecule has 1 unspecified atom stereocenters. The third kappa shape index (κ3) is 3.45. The number of aryl methyl sites for hydroxylation is 1. The van der Waals surface area contributed by atoms with Gasteiger partial charge in [-0.05, 0) is 12.0 Å². The summed E-state index contributed by atoms with van der Waals surface area (Å²) in [6, 6.07) is 9.46. The Hall–Kier alpha value is -2.14. The lowest BCUT2D eigenvalue weighted by molar-refractivity contribution is -0.121. The molecule has 0 aliphatic heterocycles. The molecule has 0 bridgehead atoms. The maximum Gasteiger partial charge on any atom is 0.220 e. The Morgan fingerprint density at radius 2 is 2.15 bits per heavy atom. The maximum absolute atomic E-state index is 11.9. The van der Waals surface area contributed by atoms with Crippen LogP contribution in [0.5, 0.6) is 0 Å². The Bertz CT molecular complexity index is 551. The van der Waals surface area contributed by atoms with Gasteiger partial charge in [-0.15, -0.1) is 0 Å². The van der Waals surface area contributed by atoms with Crippen molar-refractivity contribution >= 4 is 5.91 Å². The van der Waals surface area contributed by atoms with Gasteiger partial charge in [0.25, 0.3) is 0 Å². The zero-order valence-corrected chi connectivity index (χ0v) is 11.5. The van der Waals surface area contributed by atoms with Crippen LogP contribution in [0.15, 0.2) is 42.7 Å². The van der Waals surface area contributed by atoms with Crippen LogP contribution < -0.4 is 5.32 Å². The van der Waals surface area contributed by atoms with E-state index in [9.17, 15) is 4.79 Å². The van der Waals surface area contributed by atoms with Crippen LogP contribution in [0.1, 0.15) is 30.3 Å². The quantitative estimate of drug-likeness (QED) is 0.836. The summed E-state index contributed by atoms with van der Waals surface area (Å²) in [6.45, 7) is 0.0197. The molecule has 1 heterocycles. The van der Waals surface area contributed by atoms with E-state index in [-0.39, 0.29) is 18.6 Å². The average Bonchev–Trinajstić information content (AvgIpc) is 2.89. The average molecular weight is 273 g/mol. The summed E-state index contributed by atoms with van der Waals surface area (Å²) in [5.74, 6) is 0.699. The van der Waals surface area contributed by atoms with E-state index in [2.05, 4.69) is 10.3 Å². The first-order chi connectivity index (χ1) is 9.72. The highest BCUT2D eigenvalue weighted by Crippen LogP contribution is 2.20. The number of amides is 1. The van der Waals surface area contributed by atoms with Crippen molar-refractivity contribution < 1.29 is 9.90 Å². The first-order valence-electron chi connectivity index (χ1n) is 6.64. The molecule has 0 fully saturated rings. The number of benzene rings is 1. The molecule has 0 spiro atoms. The van der Waals surface area contributed by atoms with E-state index in [4.69, 9.17) is 5.11 Å². The third-order valence-electron chi connectivity index (χ3n) is 3.12. The Morgan fingerprint density at radius 1 is 1.40 bits per heavy atom. The van der Waals surface area contributed by atoms with E-state index in [1.807, 2.05) is 48.1 Å². The summed E-state index contributed by atoms with van der Waals surface area (Å²) in [6.07, 6.45) is 4.34. The van der Waals surface area contributed by atoms with Crippen molar-refractivity contribution in [3.63, 3.8) is 0 Å². The van der Waals surface area contributed by atoms with Crippen LogP contribution in [0.25, 0.3) is 0 Å². The molecule has 0 radical (unpaired) electrons. The number of nitrogens with zero attached hydrogens (tertiary/aromatic N) is 2. The van der Waals surface area contributed by atoms with Gasteiger partial charge in [0, 0.05) is 32.5 Å². The molecule has 20 heavy (non-hydrogen) atoms. The summed E-state index contributed by atoms with van der Waals surface area (Å²) >= 11 is 0. The Morgan fingerprint density at radius 3 is 2.75 bits per heavy atom. The summed E-state index contributed by atoms with van der Waals surface area (Å²) in [5.41, 5.74) is 0.985. The maximum atomic E-state index is 11.9. The highest BCUT2D eigenvalue weighted by Gasteiger charge is 2.20. The normalized spacial score (nSPS) is 12.1. The Balaban J connectivity index is 2.22. The van der Waals surface area contributed by atoms with Gasteiger partial charge in [-0.3, -0.25) is 4.79 Å². The molecule has 0 saturated carbocycles. The monoisotopic (exact) mass is 273 g/mol. The molecule has 5 nitrogen and oxygen atoms in total. The lowest BCUT2D eigenvalue weighted by Crippen LogP contribution is -2.31. The lowest BCUT2D eigenvalue weighted by Gasteiger charge is -2.19. The van der Waals surface area contributed by atoms with E-state index in [1.165, 1.54) is 0 Å². The van der Waals surface area contributed by atoms with Gasteiger partial charge in [0.05, 0.1) is 0 Å². The molecule has 1 aromatic heterocycles. The first kappa shape index (κ1) is 14.3. The second kappa shape index (κ2) is 6.86. The van der Waals surface area contributed by atoms with Gasteiger partial charge >= 0.3 is 0 Å². The number of carbonyl (C=O) groups is 1. The number of aliphatic hydroxyl groups is 1. The van der Waals surface area contributed by atoms with Gasteiger partial charge in [-0.1, -0.05) is 30.3 Å². The highest BCUT2D eigenvalue weighted by atomic mass is 16.3. The smallest absolute Gasteiger partial charge is 0.220 e. The fraction of sp³-hybridized carbons (Fsp3) is 0.333. The van der Waals surface area contributed by atoms with E-state index >= 15 is 0 Å². The van der Waals surface area contributed by atoms with E-state index in [1.54, 1.807) is 6.20 Å². The Labute approximate surface area is 118 Å². The van der Waals surface area contributed by atoms with Crippen molar-refractivity contribution in [2.45, 2.75) is 18.9 Å². The topological polar surface area (TPSA) is 67.2 Å². The number of aromatic nitrogens is 2. The molecule has 2 N–H and O–H groups in total. The number of aliphatic hydroxyl groups excluding tert-OH is 1. The minimum absolute atomic E-state index is 0.0197. The zero-order chi connectivity index (χ0) is 14.4. The molecular formula is C15H19N3O2. The molecule has 0 aliphatic rings. The van der Waals surface area contributed by atoms with Gasteiger partial charge in [-0.2, -0.15) is 0 Å². The number of nitrogens with one attached hydrogen (secondary N) is 1. The highest BCUT2D eigenvalue weighted by molar-refractivity contribution is 5.76. The summed E-state index contributed by atoms with van der Waals surface area (Å²) in [7, 11) is 1.90. The number of carbonyl (C=O) groups excluding carboxylic acids is 1. The van der Waals surface area contributed by atoms with Crippen LogP contribution in [-0.4, -0.2) is 27.2 Å². The zero-order valence-electron chi connectivity index (χ0n) is 11.5.